The highest BCUT2D eigenvalue weighted by Gasteiger charge is 2.32. The lowest BCUT2D eigenvalue weighted by Crippen LogP contribution is -2.48. The molecular weight excluding hydrogens is 279 g/mol. The molecule has 2 heterocycles. The Morgan fingerprint density at radius 3 is 2.73 bits per heavy atom. The van der Waals surface area contributed by atoms with E-state index in [-0.39, 0.29) is 5.82 Å². The largest absolute Gasteiger partial charge is 0.309 e. The molecule has 0 radical (unpaired) electrons. The molecule has 2 aliphatic rings. The molecule has 1 fully saturated rings. The van der Waals surface area contributed by atoms with Crippen molar-refractivity contribution in [3.63, 3.8) is 0 Å². The molecule has 1 aliphatic heterocycles. The summed E-state index contributed by atoms with van der Waals surface area (Å²) in [5.74, 6) is 2.41. The number of halogens is 1. The van der Waals surface area contributed by atoms with Gasteiger partial charge in [0, 0.05) is 18.5 Å². The second-order valence-electron chi connectivity index (χ2n) is 6.58. The van der Waals surface area contributed by atoms with E-state index in [0.29, 0.717) is 18.0 Å². The van der Waals surface area contributed by atoms with E-state index < -0.39 is 0 Å². The quantitative estimate of drug-likeness (QED) is 0.947. The zero-order valence-corrected chi connectivity index (χ0v) is 12.8. The maximum absolute atomic E-state index is 13.0. The van der Waals surface area contributed by atoms with Crippen LogP contribution in [0.1, 0.15) is 42.4 Å². The van der Waals surface area contributed by atoms with Gasteiger partial charge in [0.15, 0.2) is 0 Å². The normalized spacial score (nSPS) is 27.3. The van der Waals surface area contributed by atoms with Gasteiger partial charge in [-0.1, -0.05) is 12.1 Å². The van der Waals surface area contributed by atoms with Crippen LogP contribution in [-0.2, 0) is 13.0 Å². The van der Waals surface area contributed by atoms with Crippen molar-refractivity contribution in [2.75, 3.05) is 0 Å². The molecule has 1 aliphatic carbocycles. The predicted octanol–water partition coefficient (Wildman–Crippen LogP) is 2.58. The lowest BCUT2D eigenvalue weighted by molar-refractivity contribution is 0.234. The van der Waals surface area contributed by atoms with Gasteiger partial charge < -0.3 is 5.32 Å². The Bertz CT molecular complexity index is 658. The molecule has 0 amide bonds. The van der Waals surface area contributed by atoms with Crippen LogP contribution in [0.15, 0.2) is 24.3 Å². The first-order valence-corrected chi connectivity index (χ1v) is 8.09. The number of nitrogens with one attached hydrogen (secondary N) is 1. The minimum atomic E-state index is -0.154. The lowest BCUT2D eigenvalue weighted by atomic mass is 9.75. The zero-order chi connectivity index (χ0) is 15.1. The Hall–Kier alpha value is -1.75. The highest BCUT2D eigenvalue weighted by Crippen LogP contribution is 2.37. The van der Waals surface area contributed by atoms with E-state index in [1.807, 2.05) is 23.7 Å². The van der Waals surface area contributed by atoms with Gasteiger partial charge in [0.25, 0.3) is 0 Å². The summed E-state index contributed by atoms with van der Waals surface area (Å²) in [6.45, 7) is 2.88. The average molecular weight is 300 g/mol. The summed E-state index contributed by atoms with van der Waals surface area (Å²) < 4.78 is 15.0. The minimum absolute atomic E-state index is 0.154. The Morgan fingerprint density at radius 2 is 1.95 bits per heavy atom. The van der Waals surface area contributed by atoms with Crippen LogP contribution in [0.3, 0.4) is 0 Å². The molecule has 2 aromatic rings. The molecule has 116 valence electrons. The highest BCUT2D eigenvalue weighted by molar-refractivity contribution is 5.23. The van der Waals surface area contributed by atoms with Gasteiger partial charge in [-0.25, -0.2) is 14.1 Å². The molecular formula is C17H21FN4. The van der Waals surface area contributed by atoms with Gasteiger partial charge in [0.05, 0.1) is 6.54 Å². The third kappa shape index (κ3) is 2.65. The summed E-state index contributed by atoms with van der Waals surface area (Å²) in [5.41, 5.74) is 1.26. The van der Waals surface area contributed by atoms with Crippen molar-refractivity contribution in [2.45, 2.75) is 57.2 Å². The fraction of sp³-hybridized carbons (Fsp3) is 0.529. The van der Waals surface area contributed by atoms with Crippen LogP contribution in [0.25, 0.3) is 0 Å². The van der Waals surface area contributed by atoms with E-state index in [9.17, 15) is 4.39 Å². The van der Waals surface area contributed by atoms with Gasteiger partial charge in [-0.2, -0.15) is 5.10 Å². The zero-order valence-electron chi connectivity index (χ0n) is 12.8. The van der Waals surface area contributed by atoms with E-state index in [2.05, 4.69) is 15.4 Å². The lowest BCUT2D eigenvalue weighted by Gasteiger charge is -2.39. The van der Waals surface area contributed by atoms with Gasteiger partial charge in [-0.15, -0.1) is 0 Å². The number of rotatable bonds is 3. The maximum Gasteiger partial charge on any atom is 0.147 e. The fourth-order valence-electron chi connectivity index (χ4n) is 3.66. The molecule has 0 bridgehead atoms. The molecule has 1 saturated carbocycles. The smallest absolute Gasteiger partial charge is 0.147 e. The van der Waals surface area contributed by atoms with E-state index >= 15 is 0 Å². The topological polar surface area (TPSA) is 42.7 Å². The van der Waals surface area contributed by atoms with E-state index in [0.717, 1.165) is 43.9 Å². The molecule has 0 unspecified atom stereocenters. The van der Waals surface area contributed by atoms with Crippen LogP contribution in [-0.4, -0.2) is 26.8 Å². The number of hydrogen-bond acceptors (Lipinski definition) is 3. The molecule has 0 saturated heterocycles. The Kier molecular flexibility index (Phi) is 3.45. The van der Waals surface area contributed by atoms with Gasteiger partial charge >= 0.3 is 0 Å². The highest BCUT2D eigenvalue weighted by atomic mass is 19.1. The van der Waals surface area contributed by atoms with E-state index in [1.54, 1.807) is 12.1 Å². The van der Waals surface area contributed by atoms with Crippen molar-refractivity contribution >= 4 is 0 Å². The second-order valence-corrected chi connectivity index (χ2v) is 6.58. The summed E-state index contributed by atoms with van der Waals surface area (Å²) in [7, 11) is 0. The first-order valence-electron chi connectivity index (χ1n) is 8.09. The number of aromatic nitrogens is 3. The number of hydrogen-bond donors (Lipinski definition) is 1. The Balaban J connectivity index is 1.30. The summed E-state index contributed by atoms with van der Waals surface area (Å²) in [6.07, 6.45) is 4.43. The first kappa shape index (κ1) is 13.9. The standard InChI is InChI=1S/C17H21FN4/c1-11-19-17-7-6-15(10-22(17)21-11)20-16-8-13(9-16)12-2-4-14(18)5-3-12/h2-5,13,15-16,20H,6-10H2,1H3/t13?,15-,16?/m0/s1. The third-order valence-corrected chi connectivity index (χ3v) is 4.91. The number of fused-ring (bicyclic) bond motifs is 1. The van der Waals surface area contributed by atoms with Gasteiger partial charge in [-0.05, 0) is 49.8 Å². The summed E-state index contributed by atoms with van der Waals surface area (Å²) in [5, 5.41) is 8.21. The van der Waals surface area contributed by atoms with Crippen LogP contribution in [0.4, 0.5) is 4.39 Å². The van der Waals surface area contributed by atoms with E-state index in [4.69, 9.17) is 0 Å². The predicted molar refractivity (Wildman–Crippen MR) is 82.2 cm³/mol. The van der Waals surface area contributed by atoms with Gasteiger partial charge in [-0.3, -0.25) is 0 Å². The van der Waals surface area contributed by atoms with Crippen LogP contribution < -0.4 is 5.32 Å². The molecule has 22 heavy (non-hydrogen) atoms. The average Bonchev–Trinajstić information content (AvgIpc) is 2.83. The molecule has 4 rings (SSSR count). The van der Waals surface area contributed by atoms with Crippen LogP contribution >= 0.6 is 0 Å². The molecule has 1 N–H and O–H groups in total. The van der Waals surface area contributed by atoms with Gasteiger partial charge in [0.1, 0.15) is 17.5 Å². The summed E-state index contributed by atoms with van der Waals surface area (Å²) in [6, 6.07) is 8.03. The van der Waals surface area contributed by atoms with Crippen molar-refractivity contribution in [2.24, 2.45) is 0 Å². The third-order valence-electron chi connectivity index (χ3n) is 4.91. The first-order chi connectivity index (χ1) is 10.7. The summed E-state index contributed by atoms with van der Waals surface area (Å²) in [4.78, 5) is 4.45. The molecule has 5 heteroatoms. The van der Waals surface area contributed by atoms with E-state index in [1.165, 1.54) is 5.56 Å². The summed E-state index contributed by atoms with van der Waals surface area (Å²) >= 11 is 0. The Morgan fingerprint density at radius 1 is 1.18 bits per heavy atom. The molecule has 1 aromatic carbocycles. The van der Waals surface area contributed by atoms with Crippen molar-refractivity contribution in [1.29, 1.82) is 0 Å². The fourth-order valence-corrected chi connectivity index (χ4v) is 3.66. The second kappa shape index (κ2) is 5.47. The number of nitrogens with zero attached hydrogens (tertiary/aromatic N) is 3. The Labute approximate surface area is 129 Å². The molecule has 1 aromatic heterocycles. The van der Waals surface area contributed by atoms with Crippen molar-refractivity contribution in [1.82, 2.24) is 20.1 Å². The number of benzene rings is 1. The van der Waals surface area contributed by atoms with Crippen molar-refractivity contribution in [3.05, 3.63) is 47.3 Å². The van der Waals surface area contributed by atoms with Crippen molar-refractivity contribution < 1.29 is 4.39 Å². The monoisotopic (exact) mass is 300 g/mol. The van der Waals surface area contributed by atoms with Crippen LogP contribution in [0.2, 0.25) is 0 Å². The molecule has 4 nitrogen and oxygen atoms in total. The van der Waals surface area contributed by atoms with Crippen LogP contribution in [0.5, 0.6) is 0 Å². The minimum Gasteiger partial charge on any atom is -0.309 e. The van der Waals surface area contributed by atoms with Crippen LogP contribution in [0, 0.1) is 12.7 Å². The van der Waals surface area contributed by atoms with Crippen molar-refractivity contribution in [3.8, 4) is 0 Å². The number of aryl methyl sites for hydroxylation is 2. The molecule has 0 spiro atoms. The molecule has 1 atom stereocenters. The maximum atomic E-state index is 13.0. The SMILES string of the molecule is Cc1nc2n(n1)C[C@@H](NC1CC(c3ccc(F)cc3)C1)CC2. The van der Waals surface area contributed by atoms with Gasteiger partial charge in [0.2, 0.25) is 0 Å².